The van der Waals surface area contributed by atoms with Crippen LogP contribution in [0.3, 0.4) is 0 Å². The summed E-state index contributed by atoms with van der Waals surface area (Å²) in [6.07, 6.45) is 2.41. The first-order chi connectivity index (χ1) is 8.90. The van der Waals surface area contributed by atoms with Crippen LogP contribution in [-0.4, -0.2) is 30.8 Å². The molecule has 2 rings (SSSR count). The smallest absolute Gasteiger partial charge is 0.0476 e. The first kappa shape index (κ1) is 13.9. The summed E-state index contributed by atoms with van der Waals surface area (Å²) in [7, 11) is 0. The molecule has 0 aliphatic carbocycles. The van der Waals surface area contributed by atoms with Crippen LogP contribution in [-0.2, 0) is 4.74 Å². The van der Waals surface area contributed by atoms with Crippen LogP contribution in [0.4, 0.5) is 0 Å². The quantitative estimate of drug-likeness (QED) is 0.853. The van der Waals surface area contributed by atoms with Crippen molar-refractivity contribution in [2.24, 2.45) is 0 Å². The summed E-state index contributed by atoms with van der Waals surface area (Å²) < 4.78 is 5.41. The molecule has 0 amide bonds. The normalized spacial score (nSPS) is 18.7. The fraction of sp³-hybridized carbons (Fsp3) is 0.600. The second kappa shape index (κ2) is 7.82. The number of hydrogen-bond donors (Lipinski definition) is 1. The van der Waals surface area contributed by atoms with Gasteiger partial charge in [0.15, 0.2) is 0 Å². The van der Waals surface area contributed by atoms with E-state index in [1.54, 1.807) is 0 Å². The molecule has 1 unspecified atom stereocenters. The zero-order chi connectivity index (χ0) is 12.6. The molecule has 3 heteroatoms. The Hall–Kier alpha value is -0.510. The average Bonchev–Trinajstić information content (AvgIpc) is 2.45. The van der Waals surface area contributed by atoms with Gasteiger partial charge in [-0.2, -0.15) is 11.8 Å². The van der Waals surface area contributed by atoms with Crippen molar-refractivity contribution in [3.8, 4) is 0 Å². The van der Waals surface area contributed by atoms with Crippen LogP contribution in [0, 0.1) is 0 Å². The monoisotopic (exact) mass is 265 g/mol. The molecule has 0 bridgehead atoms. The minimum Gasteiger partial charge on any atom is -0.381 e. The lowest BCUT2D eigenvalue weighted by atomic mass is 10.1. The highest BCUT2D eigenvalue weighted by atomic mass is 32.2. The number of rotatable bonds is 6. The Morgan fingerprint density at radius 1 is 1.28 bits per heavy atom. The molecule has 1 aliphatic rings. The first-order valence-electron chi connectivity index (χ1n) is 6.88. The summed E-state index contributed by atoms with van der Waals surface area (Å²) in [6, 6.07) is 11.2. The van der Waals surface area contributed by atoms with Crippen molar-refractivity contribution in [2.75, 3.05) is 25.5 Å². The predicted molar refractivity (Wildman–Crippen MR) is 79.2 cm³/mol. The van der Waals surface area contributed by atoms with Crippen molar-refractivity contribution in [3.63, 3.8) is 0 Å². The van der Waals surface area contributed by atoms with Crippen molar-refractivity contribution < 1.29 is 4.74 Å². The second-order valence-corrected chi connectivity index (χ2v) is 6.00. The molecule has 1 atom stereocenters. The second-order valence-electron chi connectivity index (χ2n) is 4.67. The van der Waals surface area contributed by atoms with E-state index in [9.17, 15) is 0 Å². The van der Waals surface area contributed by atoms with Gasteiger partial charge >= 0.3 is 0 Å². The molecule has 0 saturated carbocycles. The summed E-state index contributed by atoms with van der Waals surface area (Å²) in [5.74, 6) is 1.16. The van der Waals surface area contributed by atoms with Crippen LogP contribution >= 0.6 is 11.8 Å². The molecule has 1 aromatic rings. The Balaban J connectivity index is 1.86. The van der Waals surface area contributed by atoms with E-state index in [-0.39, 0.29) is 0 Å². The number of hydrogen-bond acceptors (Lipinski definition) is 3. The molecular weight excluding hydrogens is 242 g/mol. The largest absolute Gasteiger partial charge is 0.381 e. The lowest BCUT2D eigenvalue weighted by Gasteiger charge is -2.24. The van der Waals surface area contributed by atoms with Crippen LogP contribution in [0.1, 0.15) is 31.4 Å². The third kappa shape index (κ3) is 4.30. The predicted octanol–water partition coefficient (Wildman–Crippen LogP) is 3.25. The van der Waals surface area contributed by atoms with E-state index in [4.69, 9.17) is 4.74 Å². The molecular formula is C15H23NOS. The first-order valence-corrected chi connectivity index (χ1v) is 7.92. The van der Waals surface area contributed by atoms with E-state index < -0.39 is 0 Å². The number of thioether (sulfide) groups is 1. The van der Waals surface area contributed by atoms with E-state index in [0.717, 1.165) is 30.8 Å². The molecule has 1 saturated heterocycles. The Bertz CT molecular complexity index is 325. The summed E-state index contributed by atoms with van der Waals surface area (Å²) in [5, 5.41) is 4.37. The van der Waals surface area contributed by atoms with Crippen molar-refractivity contribution in [1.29, 1.82) is 0 Å². The van der Waals surface area contributed by atoms with Crippen LogP contribution in [0.25, 0.3) is 0 Å². The molecule has 0 aromatic heterocycles. The van der Waals surface area contributed by atoms with E-state index in [1.807, 2.05) is 0 Å². The lowest BCUT2D eigenvalue weighted by Crippen LogP contribution is -2.25. The molecule has 1 fully saturated rings. The van der Waals surface area contributed by atoms with Crippen LogP contribution < -0.4 is 5.32 Å². The van der Waals surface area contributed by atoms with E-state index >= 15 is 0 Å². The summed E-state index contributed by atoms with van der Waals surface area (Å²) >= 11 is 2.10. The van der Waals surface area contributed by atoms with Crippen LogP contribution in [0.5, 0.6) is 0 Å². The van der Waals surface area contributed by atoms with Gasteiger partial charge in [-0.1, -0.05) is 37.3 Å². The molecule has 0 radical (unpaired) electrons. The van der Waals surface area contributed by atoms with E-state index in [2.05, 4.69) is 54.3 Å². The highest BCUT2D eigenvalue weighted by Gasteiger charge is 2.17. The number of ether oxygens (including phenoxy) is 1. The fourth-order valence-electron chi connectivity index (χ4n) is 2.28. The Morgan fingerprint density at radius 3 is 2.67 bits per heavy atom. The van der Waals surface area contributed by atoms with Gasteiger partial charge in [0.1, 0.15) is 0 Å². The molecule has 0 spiro atoms. The Morgan fingerprint density at radius 2 is 2.00 bits per heavy atom. The van der Waals surface area contributed by atoms with Gasteiger partial charge in [0, 0.05) is 30.3 Å². The van der Waals surface area contributed by atoms with Gasteiger partial charge < -0.3 is 10.1 Å². The minimum atomic E-state index is 0.476. The minimum absolute atomic E-state index is 0.476. The van der Waals surface area contributed by atoms with Crippen molar-refractivity contribution >= 4 is 11.8 Å². The van der Waals surface area contributed by atoms with Crippen LogP contribution in [0.2, 0.25) is 0 Å². The lowest BCUT2D eigenvalue weighted by molar-refractivity contribution is 0.1000. The van der Waals surface area contributed by atoms with Gasteiger partial charge in [0.25, 0.3) is 0 Å². The standard InChI is InChI=1S/C15H23NOS/c1-2-16-15(13-6-4-3-5-7-13)12-18-14-8-10-17-11-9-14/h3-7,14-16H,2,8-12H2,1H3. The Kier molecular flexibility index (Phi) is 6.05. The molecule has 2 nitrogen and oxygen atoms in total. The maximum atomic E-state index is 5.41. The summed E-state index contributed by atoms with van der Waals surface area (Å²) in [4.78, 5) is 0. The zero-order valence-electron chi connectivity index (χ0n) is 11.1. The molecule has 100 valence electrons. The van der Waals surface area contributed by atoms with Gasteiger partial charge in [-0.15, -0.1) is 0 Å². The van der Waals surface area contributed by atoms with Gasteiger partial charge in [0.2, 0.25) is 0 Å². The Labute approximate surface area is 114 Å². The highest BCUT2D eigenvalue weighted by molar-refractivity contribution is 7.99. The molecule has 18 heavy (non-hydrogen) atoms. The third-order valence-electron chi connectivity index (χ3n) is 3.32. The summed E-state index contributed by atoms with van der Waals surface area (Å²) in [6.45, 7) is 5.08. The molecule has 1 N–H and O–H groups in total. The number of nitrogens with one attached hydrogen (secondary N) is 1. The fourth-order valence-corrected chi connectivity index (χ4v) is 3.58. The SMILES string of the molecule is CCNC(CSC1CCOCC1)c1ccccc1. The van der Waals surface area contributed by atoms with Gasteiger partial charge in [-0.3, -0.25) is 0 Å². The average molecular weight is 265 g/mol. The molecule has 1 aromatic carbocycles. The topological polar surface area (TPSA) is 21.3 Å². The molecule has 1 aliphatic heterocycles. The van der Waals surface area contributed by atoms with Crippen LogP contribution in [0.15, 0.2) is 30.3 Å². The highest BCUT2D eigenvalue weighted by Crippen LogP contribution is 2.26. The van der Waals surface area contributed by atoms with Gasteiger partial charge in [-0.05, 0) is 24.9 Å². The van der Waals surface area contributed by atoms with Gasteiger partial charge in [0.05, 0.1) is 0 Å². The third-order valence-corrected chi connectivity index (χ3v) is 4.79. The van der Waals surface area contributed by atoms with E-state index in [1.165, 1.54) is 18.4 Å². The van der Waals surface area contributed by atoms with Crippen molar-refractivity contribution in [2.45, 2.75) is 31.1 Å². The maximum Gasteiger partial charge on any atom is 0.0476 e. The maximum absolute atomic E-state index is 5.41. The van der Waals surface area contributed by atoms with Crippen molar-refractivity contribution in [1.82, 2.24) is 5.32 Å². The zero-order valence-corrected chi connectivity index (χ0v) is 11.9. The molecule has 1 heterocycles. The van der Waals surface area contributed by atoms with Crippen molar-refractivity contribution in [3.05, 3.63) is 35.9 Å². The van der Waals surface area contributed by atoms with Gasteiger partial charge in [-0.25, -0.2) is 0 Å². The number of benzene rings is 1. The summed E-state index contributed by atoms with van der Waals surface area (Å²) in [5.41, 5.74) is 1.40. The van der Waals surface area contributed by atoms with E-state index in [0.29, 0.717) is 6.04 Å².